The number of nitrogens with zero attached hydrogens (tertiary/aromatic N) is 2. The van der Waals surface area contributed by atoms with Crippen molar-refractivity contribution in [2.24, 2.45) is 5.92 Å². The van der Waals surface area contributed by atoms with Crippen LogP contribution >= 0.6 is 0 Å². The van der Waals surface area contributed by atoms with E-state index in [0.29, 0.717) is 6.54 Å². The van der Waals surface area contributed by atoms with Gasteiger partial charge in [0, 0.05) is 14.0 Å². The van der Waals surface area contributed by atoms with E-state index in [1.807, 2.05) is 6.92 Å². The summed E-state index contributed by atoms with van der Waals surface area (Å²) in [5, 5.41) is 2.83. The Balaban J connectivity index is 2.75. The number of hydrogen-bond donors (Lipinski definition) is 0. The van der Waals surface area contributed by atoms with Gasteiger partial charge in [-0.05, 0) is 0 Å². The van der Waals surface area contributed by atoms with Crippen molar-refractivity contribution in [1.29, 1.82) is 0 Å². The molecule has 0 aromatic carbocycles. The topological polar surface area (TPSA) is 40.6 Å². The number of rotatable bonds is 0. The van der Waals surface area contributed by atoms with Gasteiger partial charge in [0.1, 0.15) is 0 Å². The second-order valence-corrected chi connectivity index (χ2v) is 2.86. The molecule has 0 aromatic rings. The van der Waals surface area contributed by atoms with Crippen LogP contribution in [0.25, 0.3) is 0 Å². The van der Waals surface area contributed by atoms with Crippen molar-refractivity contribution in [3.8, 4) is 0 Å². The van der Waals surface area contributed by atoms with E-state index < -0.39 is 0 Å². The molecule has 62 valence electrons. The first-order valence-corrected chi connectivity index (χ1v) is 3.59. The Labute approximate surface area is 65.7 Å². The standard InChI is InChI=1S/C7H12N2O2/c1-5-4-9(6(2)10)8(3)7(5)11/h5H,4H2,1-3H3. The van der Waals surface area contributed by atoms with Crippen LogP contribution in [0.1, 0.15) is 13.8 Å². The zero-order chi connectivity index (χ0) is 8.59. The Morgan fingerprint density at radius 2 is 2.18 bits per heavy atom. The second kappa shape index (κ2) is 2.53. The normalized spacial score (nSPS) is 24.6. The highest BCUT2D eigenvalue weighted by molar-refractivity contribution is 5.85. The minimum Gasteiger partial charge on any atom is -0.273 e. The third kappa shape index (κ3) is 1.20. The van der Waals surface area contributed by atoms with Crippen molar-refractivity contribution in [2.45, 2.75) is 13.8 Å². The molecule has 0 bridgehead atoms. The van der Waals surface area contributed by atoms with Crippen molar-refractivity contribution in [2.75, 3.05) is 13.6 Å². The molecule has 2 amide bonds. The Morgan fingerprint density at radius 1 is 1.64 bits per heavy atom. The summed E-state index contributed by atoms with van der Waals surface area (Å²) in [6, 6.07) is 0. The fourth-order valence-electron chi connectivity index (χ4n) is 1.24. The molecular formula is C7H12N2O2. The number of hydrazine groups is 1. The molecule has 1 fully saturated rings. The third-order valence-corrected chi connectivity index (χ3v) is 1.91. The van der Waals surface area contributed by atoms with Gasteiger partial charge in [0.2, 0.25) is 11.8 Å². The van der Waals surface area contributed by atoms with Crippen LogP contribution in [0.5, 0.6) is 0 Å². The summed E-state index contributed by atoms with van der Waals surface area (Å²) in [5.74, 6) is -0.116. The van der Waals surface area contributed by atoms with E-state index in [1.54, 1.807) is 7.05 Å². The molecule has 1 aliphatic rings. The predicted octanol–water partition coefficient (Wildman–Crippen LogP) is -0.142. The van der Waals surface area contributed by atoms with E-state index in [9.17, 15) is 9.59 Å². The molecule has 0 spiro atoms. The lowest BCUT2D eigenvalue weighted by Gasteiger charge is -2.21. The van der Waals surface area contributed by atoms with Crippen LogP contribution in [-0.4, -0.2) is 35.4 Å². The highest BCUT2D eigenvalue weighted by atomic mass is 16.2. The highest BCUT2D eigenvalue weighted by Gasteiger charge is 2.33. The van der Waals surface area contributed by atoms with E-state index in [4.69, 9.17) is 0 Å². The highest BCUT2D eigenvalue weighted by Crippen LogP contribution is 2.15. The third-order valence-electron chi connectivity index (χ3n) is 1.91. The maximum atomic E-state index is 11.2. The van der Waals surface area contributed by atoms with Crippen LogP contribution in [0.2, 0.25) is 0 Å². The summed E-state index contributed by atoms with van der Waals surface area (Å²) in [5.41, 5.74) is 0. The van der Waals surface area contributed by atoms with Crippen LogP contribution in [0.4, 0.5) is 0 Å². The molecule has 4 heteroatoms. The van der Waals surface area contributed by atoms with Gasteiger partial charge in [-0.1, -0.05) is 6.92 Å². The molecule has 0 aliphatic carbocycles. The SMILES string of the molecule is CC(=O)N1CC(C)C(=O)N1C. The number of amides is 2. The predicted molar refractivity (Wildman–Crippen MR) is 39.3 cm³/mol. The first-order chi connectivity index (χ1) is 5.04. The summed E-state index contributed by atoms with van der Waals surface area (Å²) in [7, 11) is 1.62. The molecule has 0 N–H and O–H groups in total. The molecule has 4 nitrogen and oxygen atoms in total. The number of carbonyl (C=O) groups excluding carboxylic acids is 2. The fraction of sp³-hybridized carbons (Fsp3) is 0.714. The lowest BCUT2D eigenvalue weighted by Crippen LogP contribution is -2.38. The molecule has 0 radical (unpaired) electrons. The lowest BCUT2D eigenvalue weighted by atomic mass is 10.2. The molecule has 1 unspecified atom stereocenters. The number of hydrogen-bond acceptors (Lipinski definition) is 2. The van der Waals surface area contributed by atoms with Gasteiger partial charge in [0.25, 0.3) is 0 Å². The first-order valence-electron chi connectivity index (χ1n) is 3.59. The van der Waals surface area contributed by atoms with Gasteiger partial charge in [-0.3, -0.25) is 19.6 Å². The minimum atomic E-state index is -0.0785. The fourth-order valence-corrected chi connectivity index (χ4v) is 1.24. The average Bonchev–Trinajstić information content (AvgIpc) is 2.17. The van der Waals surface area contributed by atoms with Crippen molar-refractivity contribution >= 4 is 11.8 Å². The average molecular weight is 156 g/mol. The summed E-state index contributed by atoms with van der Waals surface area (Å²) in [4.78, 5) is 22.0. The molecule has 11 heavy (non-hydrogen) atoms. The van der Waals surface area contributed by atoms with E-state index in [0.717, 1.165) is 0 Å². The minimum absolute atomic E-state index is 0.0141. The van der Waals surface area contributed by atoms with E-state index in [2.05, 4.69) is 0 Å². The summed E-state index contributed by atoms with van der Waals surface area (Å²) in [6.45, 7) is 3.80. The Morgan fingerprint density at radius 3 is 2.36 bits per heavy atom. The quantitative estimate of drug-likeness (QED) is 0.489. The summed E-state index contributed by atoms with van der Waals surface area (Å²) in [6.07, 6.45) is 0. The van der Waals surface area contributed by atoms with Gasteiger partial charge >= 0.3 is 0 Å². The molecule has 1 atom stereocenters. The van der Waals surface area contributed by atoms with Gasteiger partial charge in [-0.2, -0.15) is 0 Å². The van der Waals surface area contributed by atoms with E-state index in [1.165, 1.54) is 16.9 Å². The molecule has 1 aliphatic heterocycles. The van der Waals surface area contributed by atoms with Gasteiger partial charge in [0.15, 0.2) is 0 Å². The second-order valence-electron chi connectivity index (χ2n) is 2.86. The molecule has 1 heterocycles. The van der Waals surface area contributed by atoms with Crippen LogP contribution < -0.4 is 0 Å². The number of carbonyl (C=O) groups is 2. The maximum absolute atomic E-state index is 11.2. The molecular weight excluding hydrogens is 144 g/mol. The van der Waals surface area contributed by atoms with E-state index in [-0.39, 0.29) is 17.7 Å². The van der Waals surface area contributed by atoms with Crippen molar-refractivity contribution in [1.82, 2.24) is 10.0 Å². The lowest BCUT2D eigenvalue weighted by molar-refractivity contribution is -0.150. The molecule has 0 aromatic heterocycles. The van der Waals surface area contributed by atoms with Crippen LogP contribution in [-0.2, 0) is 9.59 Å². The largest absolute Gasteiger partial charge is 0.273 e. The van der Waals surface area contributed by atoms with Gasteiger partial charge in [-0.15, -0.1) is 0 Å². The van der Waals surface area contributed by atoms with Crippen LogP contribution in [0.3, 0.4) is 0 Å². The van der Waals surface area contributed by atoms with Crippen molar-refractivity contribution < 1.29 is 9.59 Å². The van der Waals surface area contributed by atoms with E-state index >= 15 is 0 Å². The van der Waals surface area contributed by atoms with Crippen molar-refractivity contribution in [3.63, 3.8) is 0 Å². The van der Waals surface area contributed by atoms with Crippen LogP contribution in [0.15, 0.2) is 0 Å². The molecule has 0 saturated carbocycles. The first kappa shape index (κ1) is 8.04. The maximum Gasteiger partial charge on any atom is 0.245 e. The molecule has 1 saturated heterocycles. The molecule has 1 rings (SSSR count). The smallest absolute Gasteiger partial charge is 0.245 e. The summed E-state index contributed by atoms with van der Waals surface area (Å²) >= 11 is 0. The Kier molecular flexibility index (Phi) is 1.85. The zero-order valence-electron chi connectivity index (χ0n) is 7.00. The Hall–Kier alpha value is -1.06. The van der Waals surface area contributed by atoms with Crippen molar-refractivity contribution in [3.05, 3.63) is 0 Å². The van der Waals surface area contributed by atoms with Gasteiger partial charge in [0.05, 0.1) is 12.5 Å². The Bertz CT molecular complexity index is 203. The van der Waals surface area contributed by atoms with Crippen LogP contribution in [0, 0.1) is 5.92 Å². The van der Waals surface area contributed by atoms with Gasteiger partial charge < -0.3 is 0 Å². The van der Waals surface area contributed by atoms with Gasteiger partial charge in [-0.25, -0.2) is 0 Å². The zero-order valence-corrected chi connectivity index (χ0v) is 7.00. The monoisotopic (exact) mass is 156 g/mol. The summed E-state index contributed by atoms with van der Waals surface area (Å²) < 4.78 is 0.